The molecule has 7 nitrogen and oxygen atoms in total. The molecule has 5 rings (SSSR count). The van der Waals surface area contributed by atoms with E-state index in [1.165, 1.54) is 16.4 Å². The molecule has 196 valence electrons. The molecule has 1 unspecified atom stereocenters. The number of fused-ring (bicyclic) bond motifs is 1. The molecule has 0 saturated carbocycles. The number of rotatable bonds is 7. The molecule has 0 aliphatic carbocycles. The van der Waals surface area contributed by atoms with Crippen molar-refractivity contribution in [2.45, 2.75) is 24.0 Å². The molecule has 0 radical (unpaired) electrons. The lowest BCUT2D eigenvalue weighted by molar-refractivity contribution is -0.115. The van der Waals surface area contributed by atoms with Crippen LogP contribution in [-0.2, 0) is 11.8 Å². The molecule has 5 aromatic rings. The molecule has 0 spiro atoms. The quantitative estimate of drug-likeness (QED) is 0.250. The number of para-hydroxylation sites is 1. The fourth-order valence-corrected chi connectivity index (χ4v) is 5.30. The lowest BCUT2D eigenvalue weighted by Gasteiger charge is -2.13. The van der Waals surface area contributed by atoms with Gasteiger partial charge in [0.15, 0.2) is 0 Å². The average molecular weight is 537 g/mol. The first-order chi connectivity index (χ1) is 18.8. The topological polar surface area (TPSA) is 85.1 Å². The van der Waals surface area contributed by atoms with E-state index in [1.807, 2.05) is 91.0 Å². The molecular formula is C31H28N4O3S. The van der Waals surface area contributed by atoms with E-state index < -0.39 is 5.25 Å². The molecule has 0 aliphatic heterocycles. The number of carbonyl (C=O) groups excluding carboxylic acids is 2. The van der Waals surface area contributed by atoms with E-state index in [2.05, 4.69) is 10.6 Å². The summed E-state index contributed by atoms with van der Waals surface area (Å²) in [5.41, 5.74) is 2.56. The summed E-state index contributed by atoms with van der Waals surface area (Å²) in [4.78, 5) is 39.9. The van der Waals surface area contributed by atoms with Gasteiger partial charge in [0.2, 0.25) is 5.91 Å². The number of carbonyl (C=O) groups is 2. The minimum Gasteiger partial charge on any atom is -0.322 e. The van der Waals surface area contributed by atoms with Gasteiger partial charge in [-0.3, -0.25) is 19.1 Å². The van der Waals surface area contributed by atoms with Crippen LogP contribution in [-0.4, -0.2) is 26.4 Å². The Balaban J connectivity index is 1.27. The minimum absolute atomic E-state index is 0.206. The number of thioether (sulfide) groups is 1. The highest BCUT2D eigenvalue weighted by atomic mass is 32.2. The molecule has 39 heavy (non-hydrogen) atoms. The fraction of sp³-hybridized carbons (Fsp3) is 0.129. The maximum Gasteiger partial charge on any atom is 0.295 e. The maximum absolute atomic E-state index is 13.1. The molecule has 8 heteroatoms. The average Bonchev–Trinajstić information content (AvgIpc) is 3.16. The van der Waals surface area contributed by atoms with Gasteiger partial charge in [-0.2, -0.15) is 0 Å². The maximum atomic E-state index is 13.1. The number of anilines is 2. The number of benzene rings is 4. The zero-order valence-corrected chi connectivity index (χ0v) is 22.7. The number of aromatic nitrogens is 2. The molecule has 0 fully saturated rings. The lowest BCUT2D eigenvalue weighted by atomic mass is 10.1. The van der Waals surface area contributed by atoms with Crippen molar-refractivity contribution in [2.24, 2.45) is 7.05 Å². The molecule has 1 heterocycles. The van der Waals surface area contributed by atoms with Crippen LogP contribution >= 0.6 is 11.8 Å². The van der Waals surface area contributed by atoms with Crippen molar-refractivity contribution in [1.82, 2.24) is 9.36 Å². The Morgan fingerprint density at radius 3 is 2.31 bits per heavy atom. The van der Waals surface area contributed by atoms with Crippen molar-refractivity contribution in [3.63, 3.8) is 0 Å². The largest absolute Gasteiger partial charge is 0.322 e. The van der Waals surface area contributed by atoms with Crippen LogP contribution in [0.25, 0.3) is 16.5 Å². The van der Waals surface area contributed by atoms with Crippen LogP contribution in [0.1, 0.15) is 23.0 Å². The lowest BCUT2D eigenvalue weighted by Crippen LogP contribution is -2.27. The van der Waals surface area contributed by atoms with Crippen molar-refractivity contribution in [3.05, 3.63) is 119 Å². The predicted octanol–water partition coefficient (Wildman–Crippen LogP) is 6.01. The molecule has 2 amide bonds. The highest BCUT2D eigenvalue weighted by Gasteiger charge is 2.21. The summed E-state index contributed by atoms with van der Waals surface area (Å²) < 4.78 is 3.26. The Kier molecular flexibility index (Phi) is 7.38. The number of nitrogens with one attached hydrogen (secondary N) is 2. The molecular weight excluding hydrogens is 508 g/mol. The van der Waals surface area contributed by atoms with E-state index in [9.17, 15) is 14.4 Å². The van der Waals surface area contributed by atoms with Gasteiger partial charge in [-0.25, -0.2) is 4.68 Å². The van der Waals surface area contributed by atoms with Gasteiger partial charge in [-0.15, -0.1) is 11.8 Å². The zero-order chi connectivity index (χ0) is 27.5. The highest BCUT2D eigenvalue weighted by Crippen LogP contribution is 2.27. The zero-order valence-electron chi connectivity index (χ0n) is 21.8. The molecule has 0 saturated heterocycles. The summed E-state index contributed by atoms with van der Waals surface area (Å²) in [7, 11) is 1.79. The normalized spacial score (nSPS) is 11.8. The predicted molar refractivity (Wildman–Crippen MR) is 158 cm³/mol. The van der Waals surface area contributed by atoms with Crippen LogP contribution in [0, 0.1) is 6.92 Å². The van der Waals surface area contributed by atoms with Crippen LogP contribution < -0.4 is 16.2 Å². The van der Waals surface area contributed by atoms with Crippen LogP contribution in [0.2, 0.25) is 0 Å². The molecule has 0 bridgehead atoms. The van der Waals surface area contributed by atoms with Gasteiger partial charge in [0.1, 0.15) is 5.69 Å². The Hall–Kier alpha value is -4.56. The van der Waals surface area contributed by atoms with Crippen molar-refractivity contribution < 1.29 is 9.59 Å². The first-order valence-electron chi connectivity index (χ1n) is 12.5. The monoisotopic (exact) mass is 536 g/mol. The number of hydrogen-bond acceptors (Lipinski definition) is 4. The molecule has 2 N–H and O–H groups in total. The Morgan fingerprint density at radius 1 is 0.821 bits per heavy atom. The number of amides is 2. The Morgan fingerprint density at radius 2 is 1.54 bits per heavy atom. The third kappa shape index (κ3) is 5.51. The first-order valence-corrected chi connectivity index (χ1v) is 13.4. The van der Waals surface area contributed by atoms with Gasteiger partial charge in [-0.05, 0) is 67.1 Å². The van der Waals surface area contributed by atoms with Gasteiger partial charge in [0.25, 0.3) is 11.5 Å². The summed E-state index contributed by atoms with van der Waals surface area (Å²) >= 11 is 1.35. The van der Waals surface area contributed by atoms with Crippen LogP contribution in [0.3, 0.4) is 0 Å². The minimum atomic E-state index is -0.486. The molecule has 1 atom stereocenters. The number of nitrogens with zero attached hydrogens (tertiary/aromatic N) is 2. The summed E-state index contributed by atoms with van der Waals surface area (Å²) in [6, 6.07) is 30.2. The summed E-state index contributed by atoms with van der Waals surface area (Å²) in [5.74, 6) is -0.487. The van der Waals surface area contributed by atoms with Crippen molar-refractivity contribution in [1.29, 1.82) is 0 Å². The SMILES string of the molecule is Cc1c(NC(=O)C(C)Sc2cccc(NC(=O)c3ccc4ccccc4c3)c2)c(=O)n(-c2ccccc2)n1C. The summed E-state index contributed by atoms with van der Waals surface area (Å²) in [6.07, 6.45) is 0. The molecule has 4 aromatic carbocycles. The molecule has 1 aromatic heterocycles. The van der Waals surface area contributed by atoms with E-state index >= 15 is 0 Å². The van der Waals surface area contributed by atoms with Crippen LogP contribution in [0.5, 0.6) is 0 Å². The van der Waals surface area contributed by atoms with Gasteiger partial charge >= 0.3 is 0 Å². The fourth-order valence-electron chi connectivity index (χ4n) is 4.38. The Bertz CT molecular complexity index is 1740. The van der Waals surface area contributed by atoms with E-state index in [4.69, 9.17) is 0 Å². The van der Waals surface area contributed by atoms with E-state index in [0.717, 1.165) is 21.4 Å². The van der Waals surface area contributed by atoms with Crippen LogP contribution in [0.4, 0.5) is 11.4 Å². The van der Waals surface area contributed by atoms with E-state index in [-0.39, 0.29) is 23.1 Å². The van der Waals surface area contributed by atoms with Gasteiger partial charge in [0.05, 0.1) is 16.6 Å². The second-order valence-corrected chi connectivity index (χ2v) is 10.6. The van der Waals surface area contributed by atoms with Gasteiger partial charge in [0, 0.05) is 23.2 Å². The smallest absolute Gasteiger partial charge is 0.295 e. The van der Waals surface area contributed by atoms with Gasteiger partial charge < -0.3 is 10.6 Å². The second kappa shape index (κ2) is 11.0. The third-order valence-electron chi connectivity index (χ3n) is 6.59. The van der Waals surface area contributed by atoms with E-state index in [0.29, 0.717) is 16.9 Å². The van der Waals surface area contributed by atoms with Crippen molar-refractivity contribution in [3.8, 4) is 5.69 Å². The Labute approximate surface area is 230 Å². The summed E-state index contributed by atoms with van der Waals surface area (Å²) in [5, 5.41) is 7.36. The first kappa shape index (κ1) is 26.1. The second-order valence-electron chi connectivity index (χ2n) is 9.23. The standard InChI is InChI=1S/C31H28N4O3S/c1-20-28(31(38)35(34(20)3)26-13-5-4-6-14-26)33-29(36)21(2)39-27-15-9-12-25(19-27)32-30(37)24-17-16-22-10-7-8-11-23(22)18-24/h4-19,21H,1-3H3,(H,32,37)(H,33,36). The van der Waals surface area contributed by atoms with Crippen molar-refractivity contribution >= 4 is 45.7 Å². The van der Waals surface area contributed by atoms with Gasteiger partial charge in [-0.1, -0.05) is 54.6 Å². The highest BCUT2D eigenvalue weighted by molar-refractivity contribution is 8.00. The third-order valence-corrected chi connectivity index (χ3v) is 7.68. The number of hydrogen-bond donors (Lipinski definition) is 2. The molecule has 0 aliphatic rings. The van der Waals surface area contributed by atoms with Crippen LogP contribution in [0.15, 0.2) is 107 Å². The summed E-state index contributed by atoms with van der Waals surface area (Å²) in [6.45, 7) is 3.59. The van der Waals surface area contributed by atoms with E-state index in [1.54, 1.807) is 31.6 Å². The van der Waals surface area contributed by atoms with Crippen molar-refractivity contribution in [2.75, 3.05) is 10.6 Å².